The Hall–Kier alpha value is -1.32. The van der Waals surface area contributed by atoms with Crippen molar-refractivity contribution in [2.75, 3.05) is 47.5 Å². The Labute approximate surface area is 242 Å². The summed E-state index contributed by atoms with van der Waals surface area (Å²) in [6.07, 6.45) is 16.2. The Morgan fingerprint density at radius 2 is 1.30 bits per heavy atom. The molecule has 0 fully saturated rings. The minimum Gasteiger partial charge on any atom is -0.462 e. The van der Waals surface area contributed by atoms with Crippen LogP contribution in [0.3, 0.4) is 0 Å². The molecule has 0 radical (unpaired) electrons. The molecule has 0 saturated carbocycles. The van der Waals surface area contributed by atoms with E-state index in [0.29, 0.717) is 23.7 Å². The first-order chi connectivity index (χ1) is 19.0. The van der Waals surface area contributed by atoms with Crippen molar-refractivity contribution in [2.24, 2.45) is 0 Å². The fourth-order valence-electron chi connectivity index (χ4n) is 3.88. The summed E-state index contributed by atoms with van der Waals surface area (Å²) in [4.78, 5) is 44.7. The van der Waals surface area contributed by atoms with Gasteiger partial charge in [-0.25, -0.2) is 4.57 Å². The van der Waals surface area contributed by atoms with Crippen molar-refractivity contribution >= 4 is 26.0 Å². The van der Waals surface area contributed by atoms with E-state index in [1.54, 1.807) is 0 Å². The van der Waals surface area contributed by atoms with Crippen molar-refractivity contribution in [3.63, 3.8) is 0 Å². The maximum Gasteiger partial charge on any atom is 0.472 e. The number of nitrogens with zero attached hydrogens (tertiary/aromatic N) is 1. The van der Waals surface area contributed by atoms with Gasteiger partial charge in [0, 0.05) is 19.3 Å². The molecule has 0 aromatic rings. The summed E-state index contributed by atoms with van der Waals surface area (Å²) in [6, 6.07) is 0. The molecule has 0 rings (SSSR count). The fourth-order valence-corrected chi connectivity index (χ4v) is 4.62. The number of rotatable bonds is 28. The van der Waals surface area contributed by atoms with Crippen LogP contribution in [0.2, 0.25) is 0 Å². The van der Waals surface area contributed by atoms with Crippen LogP contribution < -0.4 is 0 Å². The molecule has 0 spiro atoms. The predicted octanol–water partition coefficient (Wildman–Crippen LogP) is 6.13. The number of phosphoric ester groups is 1. The molecule has 40 heavy (non-hydrogen) atoms. The second kappa shape index (κ2) is 24.3. The number of phosphoric acid groups is 1. The summed E-state index contributed by atoms with van der Waals surface area (Å²) in [6.45, 7) is 1.96. The zero-order valence-electron chi connectivity index (χ0n) is 25.6. The smallest absolute Gasteiger partial charge is 0.462 e. The first-order valence-electron chi connectivity index (χ1n) is 15.2. The van der Waals surface area contributed by atoms with E-state index in [1.807, 2.05) is 21.1 Å². The number of hydrogen-bond acceptors (Lipinski definition) is 8. The minimum absolute atomic E-state index is 0.00106. The van der Waals surface area contributed by atoms with Crippen molar-refractivity contribution in [3.8, 4) is 0 Å². The van der Waals surface area contributed by atoms with E-state index in [1.165, 1.54) is 64.2 Å². The first-order valence-corrected chi connectivity index (χ1v) is 16.7. The lowest BCUT2D eigenvalue weighted by molar-refractivity contribution is -0.870. The summed E-state index contributed by atoms with van der Waals surface area (Å²) in [5.41, 5.74) is 0. The third-order valence-corrected chi connectivity index (χ3v) is 7.34. The lowest BCUT2D eigenvalue weighted by Gasteiger charge is -2.24. The number of carbonyl (C=O) groups excluding carboxylic acids is 3. The van der Waals surface area contributed by atoms with E-state index in [9.17, 15) is 23.8 Å². The lowest BCUT2D eigenvalue weighted by atomic mass is 10.0. The normalized spacial score (nSPS) is 13.9. The molecule has 1 unspecified atom stereocenters. The van der Waals surface area contributed by atoms with Crippen LogP contribution in [-0.4, -0.2) is 81.2 Å². The topological polar surface area (TPSA) is 125 Å². The molecule has 1 N–H and O–H groups in total. The van der Waals surface area contributed by atoms with Gasteiger partial charge in [0.15, 0.2) is 6.10 Å². The Kier molecular flexibility index (Phi) is 23.5. The summed E-state index contributed by atoms with van der Waals surface area (Å²) in [7, 11) is 1.37. The number of hydrogen-bond donors (Lipinski definition) is 1. The Bertz CT molecular complexity index is 712. The molecule has 0 amide bonds. The number of likely N-dealkylation sites (N-methyl/N-ethyl adjacent to an activating group) is 1. The van der Waals surface area contributed by atoms with Gasteiger partial charge in [-0.1, -0.05) is 84.0 Å². The Balaban J connectivity index is 4.27. The van der Waals surface area contributed by atoms with Crippen molar-refractivity contribution in [3.05, 3.63) is 0 Å². The van der Waals surface area contributed by atoms with Gasteiger partial charge in [0.25, 0.3) is 0 Å². The predicted molar refractivity (Wildman–Crippen MR) is 156 cm³/mol. The van der Waals surface area contributed by atoms with Gasteiger partial charge < -0.3 is 23.6 Å². The summed E-state index contributed by atoms with van der Waals surface area (Å²) in [5, 5.41) is 0. The molecule has 2 atom stereocenters. The van der Waals surface area contributed by atoms with Gasteiger partial charge in [0.1, 0.15) is 26.0 Å². The average molecular weight is 595 g/mol. The highest BCUT2D eigenvalue weighted by atomic mass is 31.2. The van der Waals surface area contributed by atoms with E-state index in [4.69, 9.17) is 18.5 Å². The van der Waals surface area contributed by atoms with Crippen LogP contribution in [-0.2, 0) is 37.5 Å². The molecular weight excluding hydrogens is 537 g/mol. The molecule has 0 aliphatic carbocycles. The van der Waals surface area contributed by atoms with E-state index >= 15 is 0 Å². The highest BCUT2D eigenvalue weighted by Gasteiger charge is 2.27. The molecule has 0 aliphatic rings. The fraction of sp³-hybridized carbons (Fsp3) is 0.897. The second-order valence-corrected chi connectivity index (χ2v) is 12.9. The zero-order chi connectivity index (χ0) is 30.1. The third kappa shape index (κ3) is 26.9. The second-order valence-electron chi connectivity index (χ2n) is 11.5. The van der Waals surface area contributed by atoms with Gasteiger partial charge >= 0.3 is 19.8 Å². The molecule has 11 heteroatoms. The molecule has 0 aromatic heterocycles. The van der Waals surface area contributed by atoms with Gasteiger partial charge in [-0.05, 0) is 12.8 Å². The molecule has 0 aromatic carbocycles. The Morgan fingerprint density at radius 3 is 1.82 bits per heavy atom. The molecular formula is C29H57NO9P+. The molecule has 236 valence electrons. The molecule has 0 saturated heterocycles. The highest BCUT2D eigenvalue weighted by molar-refractivity contribution is 7.47. The van der Waals surface area contributed by atoms with E-state index in [2.05, 4.69) is 6.92 Å². The summed E-state index contributed by atoms with van der Waals surface area (Å²) in [5.74, 6) is -1.03. The van der Waals surface area contributed by atoms with Crippen LogP contribution in [0.5, 0.6) is 0 Å². The maximum absolute atomic E-state index is 12.2. The van der Waals surface area contributed by atoms with Crippen LogP contribution in [0.1, 0.15) is 116 Å². The average Bonchev–Trinajstić information content (AvgIpc) is 2.87. The van der Waals surface area contributed by atoms with Crippen LogP contribution in [0.25, 0.3) is 0 Å². The SMILES string of the molecule is CCCCCCCCCCCCCCCC(=O)OC[C@H](COP(=O)(O)OCC[N+](C)(C)C)OC(=O)CCCC=O. The van der Waals surface area contributed by atoms with E-state index < -0.39 is 32.5 Å². The summed E-state index contributed by atoms with van der Waals surface area (Å²) < 4.78 is 33.3. The lowest BCUT2D eigenvalue weighted by Crippen LogP contribution is -2.37. The standard InChI is InChI=1S/C29H56NO9P/c1-5-6-7-8-9-10-11-12-13-14-15-16-17-20-28(32)36-25-27(39-29(33)21-18-19-23-31)26-38-40(34,35)37-24-22-30(2,3)4/h23,27H,5-22,24-26H2,1-4H3/p+1/t27-/m1/s1. The van der Waals surface area contributed by atoms with E-state index in [-0.39, 0.29) is 32.5 Å². The molecule has 0 bridgehead atoms. The summed E-state index contributed by atoms with van der Waals surface area (Å²) >= 11 is 0. The van der Waals surface area contributed by atoms with Crippen molar-refractivity contribution in [2.45, 2.75) is 122 Å². The number of carbonyl (C=O) groups is 3. The molecule has 0 heterocycles. The Morgan fingerprint density at radius 1 is 0.775 bits per heavy atom. The maximum atomic E-state index is 12.2. The third-order valence-electron chi connectivity index (χ3n) is 6.36. The van der Waals surface area contributed by atoms with E-state index in [0.717, 1.165) is 19.3 Å². The monoisotopic (exact) mass is 594 g/mol. The molecule has 0 aliphatic heterocycles. The van der Waals surface area contributed by atoms with Crippen molar-refractivity contribution in [1.82, 2.24) is 0 Å². The number of esters is 2. The van der Waals surface area contributed by atoms with Crippen LogP contribution in [0.15, 0.2) is 0 Å². The highest BCUT2D eigenvalue weighted by Crippen LogP contribution is 2.43. The van der Waals surface area contributed by atoms with Gasteiger partial charge in [-0.2, -0.15) is 0 Å². The largest absolute Gasteiger partial charge is 0.472 e. The number of aldehydes is 1. The van der Waals surface area contributed by atoms with Crippen LogP contribution >= 0.6 is 7.82 Å². The quantitative estimate of drug-likeness (QED) is 0.0374. The zero-order valence-corrected chi connectivity index (χ0v) is 26.5. The van der Waals surface area contributed by atoms with Gasteiger partial charge in [0.05, 0.1) is 27.7 Å². The van der Waals surface area contributed by atoms with Gasteiger partial charge in [-0.3, -0.25) is 18.6 Å². The van der Waals surface area contributed by atoms with Crippen molar-refractivity contribution < 1.29 is 46.8 Å². The first kappa shape index (κ1) is 38.7. The number of quaternary nitrogens is 1. The minimum atomic E-state index is -4.38. The molecule has 10 nitrogen and oxygen atoms in total. The van der Waals surface area contributed by atoms with Crippen molar-refractivity contribution in [1.29, 1.82) is 0 Å². The van der Waals surface area contributed by atoms with Crippen LogP contribution in [0.4, 0.5) is 0 Å². The number of ether oxygens (including phenoxy) is 2. The van der Waals surface area contributed by atoms with Gasteiger partial charge in [0.2, 0.25) is 0 Å². The van der Waals surface area contributed by atoms with Crippen LogP contribution in [0, 0.1) is 0 Å². The number of unbranched alkanes of at least 4 members (excludes halogenated alkanes) is 13. The van der Waals surface area contributed by atoms with Gasteiger partial charge in [-0.15, -0.1) is 0 Å².